The number of benzene rings is 1. The molecule has 0 saturated heterocycles. The Morgan fingerprint density at radius 3 is 2.56 bits per heavy atom. The van der Waals surface area contributed by atoms with Crippen LogP contribution >= 0.6 is 42.6 Å². The normalized spacial score (nSPS) is 12.9. The fourth-order valence-electron chi connectivity index (χ4n) is 1.93. The molecular weight excluding hydrogens is 415 g/mol. The van der Waals surface area contributed by atoms with E-state index in [0.717, 1.165) is 10.2 Å². The van der Waals surface area contributed by atoms with Gasteiger partial charge in [0.25, 0.3) is 5.91 Å². The van der Waals surface area contributed by atoms with Gasteiger partial charge < -0.3 is 15.1 Å². The highest BCUT2D eigenvalue weighted by Crippen LogP contribution is 2.41. The first-order valence-corrected chi connectivity index (χ1v) is 9.41. The summed E-state index contributed by atoms with van der Waals surface area (Å²) in [7, 11) is -4.78. The van der Waals surface area contributed by atoms with E-state index in [1.165, 1.54) is 6.92 Å². The minimum atomic E-state index is -4.78. The van der Waals surface area contributed by atoms with Crippen LogP contribution in [0.5, 0.6) is 0 Å². The van der Waals surface area contributed by atoms with Gasteiger partial charge in [0.1, 0.15) is 10.2 Å². The van der Waals surface area contributed by atoms with Gasteiger partial charge in [0.05, 0.1) is 10.7 Å². The number of halogens is 3. The second-order valence-corrected chi connectivity index (χ2v) is 7.37. The Morgan fingerprint density at radius 2 is 2.00 bits per heavy atom. The first kappa shape index (κ1) is 20.2. The minimum absolute atomic E-state index is 0.191. The lowest BCUT2D eigenvalue weighted by atomic mass is 10.2. The van der Waals surface area contributed by atoms with E-state index in [4.69, 9.17) is 44.6 Å². The minimum Gasteiger partial charge on any atom is -0.319 e. The zero-order valence-corrected chi connectivity index (χ0v) is 16.1. The smallest absolute Gasteiger partial charge is 0.319 e. The molecule has 0 aliphatic rings. The molecule has 1 amide bonds. The van der Waals surface area contributed by atoms with Gasteiger partial charge in [0.2, 0.25) is 0 Å². The number of aromatic nitrogens is 2. The lowest BCUT2D eigenvalue weighted by Crippen LogP contribution is -2.15. The van der Waals surface area contributed by atoms with Crippen molar-refractivity contribution in [2.45, 2.75) is 20.1 Å². The molecule has 8 nitrogen and oxygen atoms in total. The molecule has 136 valence electrons. The Morgan fingerprint density at radius 1 is 1.36 bits per heavy atom. The molecule has 1 atom stereocenters. The Bertz CT molecular complexity index is 867. The van der Waals surface area contributed by atoms with Gasteiger partial charge in [0, 0.05) is 0 Å². The van der Waals surface area contributed by atoms with Crippen LogP contribution in [-0.4, -0.2) is 25.5 Å². The molecule has 0 radical (unpaired) electrons. The Hall–Kier alpha value is -1.12. The number of hydrogen-bond donors (Lipinski definition) is 3. The Kier molecular flexibility index (Phi) is 6.17. The predicted octanol–water partition coefficient (Wildman–Crippen LogP) is 4.03. The second-order valence-electron chi connectivity index (χ2n) is 5.03. The number of phosphoric acid groups is 1. The number of carbonyl (C=O) groups is 1. The average molecular weight is 429 g/mol. The zero-order valence-electron chi connectivity index (χ0n) is 12.9. The van der Waals surface area contributed by atoms with E-state index < -0.39 is 20.0 Å². The van der Waals surface area contributed by atoms with Crippen molar-refractivity contribution >= 4 is 54.2 Å². The number of nitrogens with zero attached hydrogens (tertiary/aromatic N) is 2. The van der Waals surface area contributed by atoms with Crippen LogP contribution in [0.15, 0.2) is 18.2 Å². The molecular formula is C13H13Cl3N3O5P. The van der Waals surface area contributed by atoms with Crippen LogP contribution < -0.4 is 5.32 Å². The topological polar surface area (TPSA) is 114 Å². The largest absolute Gasteiger partial charge is 0.471 e. The number of anilines is 1. The summed E-state index contributed by atoms with van der Waals surface area (Å²) in [6, 6.07) is 5.03. The molecule has 25 heavy (non-hydrogen) atoms. The maximum atomic E-state index is 12.4. The van der Waals surface area contributed by atoms with E-state index in [2.05, 4.69) is 14.9 Å². The van der Waals surface area contributed by atoms with Gasteiger partial charge >= 0.3 is 7.82 Å². The molecule has 0 aliphatic carbocycles. The molecule has 0 spiro atoms. The molecule has 1 aromatic carbocycles. The van der Waals surface area contributed by atoms with E-state index in [0.29, 0.717) is 10.7 Å². The zero-order chi connectivity index (χ0) is 18.9. The third-order valence-electron chi connectivity index (χ3n) is 3.02. The highest BCUT2D eigenvalue weighted by Gasteiger charge is 2.27. The summed E-state index contributed by atoms with van der Waals surface area (Å²) < 4.78 is 16.3. The summed E-state index contributed by atoms with van der Waals surface area (Å²) >= 11 is 18.0. The molecule has 2 aromatic rings. The van der Waals surface area contributed by atoms with Crippen molar-refractivity contribution in [3.8, 4) is 0 Å². The van der Waals surface area contributed by atoms with Crippen LogP contribution in [0, 0.1) is 6.92 Å². The summed E-state index contributed by atoms with van der Waals surface area (Å²) in [6.45, 7) is 3.13. The predicted molar refractivity (Wildman–Crippen MR) is 94.2 cm³/mol. The number of amides is 1. The first-order chi connectivity index (χ1) is 11.5. The summed E-state index contributed by atoms with van der Waals surface area (Å²) in [5.74, 6) is -0.695. The standard InChI is InChI=1S/C13H13Cl3N3O5P/c1-6-3-4-9(8(14)5-6)17-13(20)11-10(15)12(16)19(18-11)7(2)24-25(21,22)23/h3-5,7H,1-2H3,(H,17,20)(H2,21,22,23). The van der Waals surface area contributed by atoms with E-state index in [1.807, 2.05) is 6.92 Å². The van der Waals surface area contributed by atoms with Crippen LogP contribution in [0.1, 0.15) is 29.2 Å². The van der Waals surface area contributed by atoms with Crippen molar-refractivity contribution in [2.75, 3.05) is 5.32 Å². The van der Waals surface area contributed by atoms with Crippen LogP contribution in [0.25, 0.3) is 0 Å². The van der Waals surface area contributed by atoms with E-state index in [1.54, 1.807) is 18.2 Å². The fraction of sp³-hybridized carbons (Fsp3) is 0.231. The lowest BCUT2D eigenvalue weighted by Gasteiger charge is -2.14. The van der Waals surface area contributed by atoms with Gasteiger partial charge in [-0.1, -0.05) is 40.9 Å². The maximum absolute atomic E-state index is 12.4. The van der Waals surface area contributed by atoms with Gasteiger partial charge in [-0.3, -0.25) is 9.32 Å². The van der Waals surface area contributed by atoms with Crippen molar-refractivity contribution in [1.29, 1.82) is 0 Å². The fourth-order valence-corrected chi connectivity index (χ4v) is 3.17. The monoisotopic (exact) mass is 427 g/mol. The molecule has 0 aliphatic heterocycles. The Labute approximate surface area is 157 Å². The molecule has 3 N–H and O–H groups in total. The number of hydrogen-bond acceptors (Lipinski definition) is 4. The third-order valence-corrected chi connectivity index (χ3v) is 4.73. The molecule has 0 bridgehead atoms. The number of aryl methyl sites for hydroxylation is 1. The van der Waals surface area contributed by atoms with Crippen LogP contribution in [-0.2, 0) is 9.09 Å². The molecule has 0 saturated carbocycles. The van der Waals surface area contributed by atoms with Gasteiger partial charge in [-0.25, -0.2) is 9.25 Å². The van der Waals surface area contributed by atoms with Crippen molar-refractivity contribution in [3.63, 3.8) is 0 Å². The molecule has 1 heterocycles. The highest BCUT2D eigenvalue weighted by atomic mass is 35.5. The van der Waals surface area contributed by atoms with Crippen molar-refractivity contribution < 1.29 is 23.7 Å². The van der Waals surface area contributed by atoms with Crippen molar-refractivity contribution in [2.24, 2.45) is 0 Å². The third kappa shape index (κ3) is 4.95. The molecule has 1 unspecified atom stereocenters. The number of phosphoric ester groups is 1. The maximum Gasteiger partial charge on any atom is 0.471 e. The van der Waals surface area contributed by atoms with Crippen molar-refractivity contribution in [1.82, 2.24) is 9.78 Å². The SMILES string of the molecule is Cc1ccc(NC(=O)c2nn(C(C)OP(=O)(O)O)c(Cl)c2Cl)c(Cl)c1. The van der Waals surface area contributed by atoms with Gasteiger partial charge in [-0.05, 0) is 31.5 Å². The van der Waals surface area contributed by atoms with Crippen LogP contribution in [0.3, 0.4) is 0 Å². The highest BCUT2D eigenvalue weighted by molar-refractivity contribution is 7.46. The van der Waals surface area contributed by atoms with Crippen LogP contribution in [0.2, 0.25) is 15.2 Å². The molecule has 1 aromatic heterocycles. The quantitative estimate of drug-likeness (QED) is 0.620. The first-order valence-electron chi connectivity index (χ1n) is 6.74. The summed E-state index contributed by atoms with van der Waals surface area (Å²) in [4.78, 5) is 30.1. The van der Waals surface area contributed by atoms with E-state index >= 15 is 0 Å². The number of rotatable bonds is 5. The van der Waals surface area contributed by atoms with E-state index in [-0.39, 0.29) is 15.9 Å². The van der Waals surface area contributed by atoms with Gasteiger partial charge in [-0.2, -0.15) is 5.10 Å². The van der Waals surface area contributed by atoms with Crippen LogP contribution in [0.4, 0.5) is 5.69 Å². The summed E-state index contributed by atoms with van der Waals surface area (Å²) in [5, 5.41) is 6.33. The Balaban J connectivity index is 2.29. The second kappa shape index (κ2) is 7.63. The van der Waals surface area contributed by atoms with Gasteiger partial charge in [0.15, 0.2) is 11.9 Å². The molecule has 2 rings (SSSR count). The molecule has 12 heteroatoms. The number of carbonyl (C=O) groups excluding carboxylic acids is 1. The average Bonchev–Trinajstić information content (AvgIpc) is 2.77. The summed E-state index contributed by atoms with van der Waals surface area (Å²) in [5.41, 5.74) is 1.01. The van der Waals surface area contributed by atoms with Crippen molar-refractivity contribution in [3.05, 3.63) is 44.7 Å². The van der Waals surface area contributed by atoms with Gasteiger partial charge in [-0.15, -0.1) is 0 Å². The molecule has 0 fully saturated rings. The van der Waals surface area contributed by atoms with E-state index in [9.17, 15) is 9.36 Å². The lowest BCUT2D eigenvalue weighted by molar-refractivity contribution is 0.0877. The number of nitrogens with one attached hydrogen (secondary N) is 1. The summed E-state index contributed by atoms with van der Waals surface area (Å²) in [6.07, 6.45) is -1.25.